The highest BCUT2D eigenvalue weighted by Crippen LogP contribution is 2.30. The number of carbonyl (C=O) groups excluding carboxylic acids is 2. The fraction of sp³-hybridized carbons (Fsp3) is 0.278. The first-order chi connectivity index (χ1) is 21.5. The van der Waals surface area contributed by atoms with Gasteiger partial charge in [-0.1, -0.05) is 91.3 Å². The van der Waals surface area contributed by atoms with Gasteiger partial charge >= 0.3 is 0 Å². The number of halogens is 1. The highest BCUT2D eigenvalue weighted by Gasteiger charge is 2.35. The Morgan fingerprint density at radius 2 is 1.47 bits per heavy atom. The molecule has 0 bridgehead atoms. The summed E-state index contributed by atoms with van der Waals surface area (Å²) in [7, 11) is -4.18. The summed E-state index contributed by atoms with van der Waals surface area (Å²) in [5.74, 6) is -0.803. The summed E-state index contributed by atoms with van der Waals surface area (Å²) in [4.78, 5) is 30.1. The van der Waals surface area contributed by atoms with Crippen molar-refractivity contribution in [3.8, 4) is 0 Å². The van der Waals surface area contributed by atoms with E-state index in [1.54, 1.807) is 43.3 Å². The van der Waals surface area contributed by atoms with E-state index in [2.05, 4.69) is 5.32 Å². The molecule has 0 unspecified atom stereocenters. The van der Waals surface area contributed by atoms with E-state index in [1.165, 1.54) is 17.0 Å². The molecule has 0 aliphatic carbocycles. The third-order valence-electron chi connectivity index (χ3n) is 7.91. The average molecular weight is 646 g/mol. The van der Waals surface area contributed by atoms with Gasteiger partial charge in [-0.05, 0) is 79.8 Å². The van der Waals surface area contributed by atoms with Crippen molar-refractivity contribution < 1.29 is 18.0 Å². The second-order valence-corrected chi connectivity index (χ2v) is 13.5. The Labute approximate surface area is 271 Å². The number of nitrogens with one attached hydrogen (secondary N) is 1. The van der Waals surface area contributed by atoms with Crippen molar-refractivity contribution in [3.05, 3.63) is 130 Å². The van der Waals surface area contributed by atoms with Gasteiger partial charge < -0.3 is 10.2 Å². The Bertz CT molecular complexity index is 1720. The number of carbonyl (C=O) groups is 2. The lowest BCUT2D eigenvalue weighted by atomic mass is 10.0. The molecule has 0 saturated heterocycles. The van der Waals surface area contributed by atoms with Crippen LogP contribution in [-0.4, -0.2) is 43.8 Å². The van der Waals surface area contributed by atoms with Crippen molar-refractivity contribution in [1.82, 2.24) is 10.2 Å². The Hall–Kier alpha value is -4.14. The number of rotatable bonds is 13. The molecule has 4 aromatic carbocycles. The van der Waals surface area contributed by atoms with E-state index in [0.29, 0.717) is 22.7 Å². The first-order valence-corrected chi connectivity index (χ1v) is 16.8. The Kier molecular flexibility index (Phi) is 11.4. The lowest BCUT2D eigenvalue weighted by Gasteiger charge is -2.35. The van der Waals surface area contributed by atoms with Gasteiger partial charge in [-0.15, -0.1) is 0 Å². The van der Waals surface area contributed by atoms with Gasteiger partial charge in [-0.25, -0.2) is 8.42 Å². The van der Waals surface area contributed by atoms with Crippen molar-refractivity contribution in [2.45, 2.75) is 64.1 Å². The minimum atomic E-state index is -4.18. The van der Waals surface area contributed by atoms with Crippen molar-refractivity contribution in [2.75, 3.05) is 10.8 Å². The predicted octanol–water partition coefficient (Wildman–Crippen LogP) is 6.71. The number of anilines is 1. The molecule has 0 heterocycles. The van der Waals surface area contributed by atoms with E-state index < -0.39 is 28.5 Å². The first kappa shape index (κ1) is 33.7. The van der Waals surface area contributed by atoms with Crippen LogP contribution in [0.2, 0.25) is 5.02 Å². The molecule has 9 heteroatoms. The smallest absolute Gasteiger partial charge is 0.264 e. The maximum Gasteiger partial charge on any atom is 0.264 e. The molecule has 2 amide bonds. The van der Waals surface area contributed by atoms with E-state index in [-0.39, 0.29) is 29.8 Å². The van der Waals surface area contributed by atoms with Crippen LogP contribution in [-0.2, 0) is 32.6 Å². The van der Waals surface area contributed by atoms with E-state index in [4.69, 9.17) is 11.6 Å². The van der Waals surface area contributed by atoms with Gasteiger partial charge in [0.15, 0.2) is 0 Å². The fourth-order valence-corrected chi connectivity index (χ4v) is 6.82. The van der Waals surface area contributed by atoms with Gasteiger partial charge in [0.25, 0.3) is 10.0 Å². The molecule has 4 rings (SSSR count). The molecular formula is C36H40ClN3O4S. The molecule has 1 N–H and O–H groups in total. The number of hydrogen-bond donors (Lipinski definition) is 1. The maximum absolute atomic E-state index is 14.6. The molecule has 0 radical (unpaired) electrons. The van der Waals surface area contributed by atoms with Gasteiger partial charge in [-0.3, -0.25) is 13.9 Å². The number of benzene rings is 4. The summed E-state index contributed by atoms with van der Waals surface area (Å²) < 4.78 is 29.4. The second kappa shape index (κ2) is 15.2. The standard InChI is InChI=1S/C36H40ClN3O4S/c1-5-28(4)38-36(42)34(23-29-15-8-6-9-16-29)39(24-30-17-13-12-14-26(30)2)35(41)25-40(33-21-20-31(37)22-27(33)3)45(43,44)32-18-10-7-11-19-32/h6-22,28,34H,5,23-25H2,1-4H3,(H,38,42)/t28-,34-/m1/s1. The summed E-state index contributed by atoms with van der Waals surface area (Å²) >= 11 is 6.23. The maximum atomic E-state index is 14.6. The zero-order valence-corrected chi connectivity index (χ0v) is 27.7. The zero-order valence-electron chi connectivity index (χ0n) is 26.1. The molecule has 0 spiro atoms. The summed E-state index contributed by atoms with van der Waals surface area (Å²) in [5.41, 5.74) is 3.62. The number of nitrogens with zero attached hydrogens (tertiary/aromatic N) is 2. The molecule has 0 aliphatic heterocycles. The quantitative estimate of drug-likeness (QED) is 0.175. The van der Waals surface area contributed by atoms with Crippen LogP contribution >= 0.6 is 11.6 Å². The van der Waals surface area contributed by atoms with Gasteiger partial charge in [0.1, 0.15) is 12.6 Å². The summed E-state index contributed by atoms with van der Waals surface area (Å²) in [5, 5.41) is 3.51. The van der Waals surface area contributed by atoms with E-state index in [0.717, 1.165) is 21.0 Å². The molecule has 4 aromatic rings. The third kappa shape index (κ3) is 8.53. The number of sulfonamides is 1. The lowest BCUT2D eigenvalue weighted by molar-refractivity contribution is -0.140. The van der Waals surface area contributed by atoms with Crippen LogP contribution in [0.15, 0.2) is 108 Å². The van der Waals surface area contributed by atoms with Crippen LogP contribution < -0.4 is 9.62 Å². The molecule has 45 heavy (non-hydrogen) atoms. The summed E-state index contributed by atoms with van der Waals surface area (Å²) in [6, 6.07) is 29.1. The van der Waals surface area contributed by atoms with E-state index in [9.17, 15) is 18.0 Å². The van der Waals surface area contributed by atoms with Crippen LogP contribution in [0, 0.1) is 13.8 Å². The molecule has 0 aromatic heterocycles. The highest BCUT2D eigenvalue weighted by atomic mass is 35.5. The van der Waals surface area contributed by atoms with E-state index in [1.807, 2.05) is 75.4 Å². The molecule has 7 nitrogen and oxygen atoms in total. The number of aryl methyl sites for hydroxylation is 2. The van der Waals surface area contributed by atoms with Crippen molar-refractivity contribution >= 4 is 39.1 Å². The monoisotopic (exact) mass is 645 g/mol. The summed E-state index contributed by atoms with van der Waals surface area (Å²) in [6.45, 7) is 7.20. The average Bonchev–Trinajstić information content (AvgIpc) is 3.03. The predicted molar refractivity (Wildman–Crippen MR) is 181 cm³/mol. The SMILES string of the molecule is CC[C@@H](C)NC(=O)[C@@H](Cc1ccccc1)N(Cc1ccccc1C)C(=O)CN(c1ccc(Cl)cc1C)S(=O)(=O)c1ccccc1. The van der Waals surface area contributed by atoms with Crippen LogP contribution in [0.25, 0.3) is 0 Å². The number of hydrogen-bond acceptors (Lipinski definition) is 4. The highest BCUT2D eigenvalue weighted by molar-refractivity contribution is 7.92. The van der Waals surface area contributed by atoms with Gasteiger partial charge in [0.05, 0.1) is 10.6 Å². The minimum absolute atomic E-state index is 0.0490. The van der Waals surface area contributed by atoms with Gasteiger partial charge in [0, 0.05) is 24.0 Å². The molecule has 0 aliphatic rings. The zero-order chi connectivity index (χ0) is 32.6. The molecular weight excluding hydrogens is 606 g/mol. The molecule has 0 saturated carbocycles. The Morgan fingerprint density at radius 1 is 0.844 bits per heavy atom. The normalized spacial score (nSPS) is 12.6. The minimum Gasteiger partial charge on any atom is -0.352 e. The Balaban J connectivity index is 1.83. The second-order valence-electron chi connectivity index (χ2n) is 11.2. The van der Waals surface area contributed by atoms with Crippen molar-refractivity contribution in [2.24, 2.45) is 0 Å². The lowest BCUT2D eigenvalue weighted by Crippen LogP contribution is -2.54. The van der Waals surface area contributed by atoms with Crippen LogP contribution in [0.1, 0.15) is 42.5 Å². The van der Waals surface area contributed by atoms with Crippen LogP contribution in [0.3, 0.4) is 0 Å². The van der Waals surface area contributed by atoms with Crippen LogP contribution in [0.5, 0.6) is 0 Å². The van der Waals surface area contributed by atoms with E-state index >= 15 is 0 Å². The molecule has 0 fully saturated rings. The number of amides is 2. The summed E-state index contributed by atoms with van der Waals surface area (Å²) in [6.07, 6.45) is 0.973. The molecule has 236 valence electrons. The van der Waals surface area contributed by atoms with Crippen molar-refractivity contribution in [1.29, 1.82) is 0 Å². The van der Waals surface area contributed by atoms with Crippen LogP contribution in [0.4, 0.5) is 5.69 Å². The van der Waals surface area contributed by atoms with Gasteiger partial charge in [-0.2, -0.15) is 0 Å². The Morgan fingerprint density at radius 3 is 2.09 bits per heavy atom. The van der Waals surface area contributed by atoms with Gasteiger partial charge in [0.2, 0.25) is 11.8 Å². The molecule has 2 atom stereocenters. The third-order valence-corrected chi connectivity index (χ3v) is 9.92. The topological polar surface area (TPSA) is 86.8 Å². The van der Waals surface area contributed by atoms with Crippen molar-refractivity contribution in [3.63, 3.8) is 0 Å². The fourth-order valence-electron chi connectivity index (χ4n) is 5.10. The largest absolute Gasteiger partial charge is 0.352 e. The first-order valence-electron chi connectivity index (χ1n) is 15.0.